The van der Waals surface area contributed by atoms with Crippen LogP contribution in [0.1, 0.15) is 41.8 Å². The van der Waals surface area contributed by atoms with Crippen LogP contribution in [0.15, 0.2) is 42.7 Å². The number of pyridine rings is 1. The number of rotatable bonds is 3. The summed E-state index contributed by atoms with van der Waals surface area (Å²) in [6, 6.07) is 6.96. The Bertz CT molecular complexity index is 1930. The molecule has 0 aliphatic carbocycles. The van der Waals surface area contributed by atoms with E-state index in [1.54, 1.807) is 31.2 Å². The molecule has 0 saturated heterocycles. The van der Waals surface area contributed by atoms with E-state index in [9.17, 15) is 22.0 Å². The van der Waals surface area contributed by atoms with Gasteiger partial charge in [-0.05, 0) is 36.2 Å². The van der Waals surface area contributed by atoms with Crippen molar-refractivity contribution in [3.63, 3.8) is 0 Å². The van der Waals surface area contributed by atoms with E-state index in [1.807, 2.05) is 0 Å². The van der Waals surface area contributed by atoms with Gasteiger partial charge in [0.1, 0.15) is 33.1 Å². The minimum absolute atomic E-state index is 0.0948. The fraction of sp³-hybridized carbons (Fsp3) is 0.240. The SMILES string of the molecule is Cc1cc(C(F)F)nc2sc3c(ncn4nc(-c5cc6n(n5)[C@@H](C(F)(F)F)C[C@@H](c5ccc(Cl)cc5)N6)nc34)c12. The molecule has 6 aromatic rings. The highest BCUT2D eigenvalue weighted by Gasteiger charge is 2.46. The van der Waals surface area contributed by atoms with Gasteiger partial charge in [-0.1, -0.05) is 23.7 Å². The molecule has 0 fully saturated rings. The second-order valence-electron chi connectivity index (χ2n) is 9.47. The molecule has 8 nitrogen and oxygen atoms in total. The minimum atomic E-state index is -4.55. The third kappa shape index (κ3) is 3.96. The van der Waals surface area contributed by atoms with Crippen molar-refractivity contribution in [3.8, 4) is 11.5 Å². The van der Waals surface area contributed by atoms with E-state index in [4.69, 9.17) is 11.6 Å². The first kappa shape index (κ1) is 25.1. The maximum atomic E-state index is 14.1. The van der Waals surface area contributed by atoms with Crippen LogP contribution in [0.2, 0.25) is 5.02 Å². The largest absolute Gasteiger partial charge is 0.410 e. The number of nitrogens with zero attached hydrogens (tertiary/aromatic N) is 7. The molecule has 1 N–H and O–H groups in total. The first-order chi connectivity index (χ1) is 19.1. The van der Waals surface area contributed by atoms with Crippen molar-refractivity contribution >= 4 is 54.8 Å². The average molecular weight is 591 g/mol. The number of hydrogen-bond donors (Lipinski definition) is 1. The first-order valence-electron chi connectivity index (χ1n) is 12.0. The molecule has 1 aromatic carbocycles. The van der Waals surface area contributed by atoms with Gasteiger partial charge >= 0.3 is 6.18 Å². The molecule has 0 bridgehead atoms. The molecule has 6 heterocycles. The summed E-state index contributed by atoms with van der Waals surface area (Å²) >= 11 is 7.11. The molecule has 1 aliphatic rings. The van der Waals surface area contributed by atoms with Crippen molar-refractivity contribution in [2.75, 3.05) is 5.32 Å². The molecule has 15 heteroatoms. The Morgan fingerprint density at radius 3 is 2.60 bits per heavy atom. The highest BCUT2D eigenvalue weighted by molar-refractivity contribution is 7.26. The topological polar surface area (TPSA) is 85.8 Å². The molecule has 0 saturated carbocycles. The summed E-state index contributed by atoms with van der Waals surface area (Å²) in [4.78, 5) is 13.5. The van der Waals surface area contributed by atoms with E-state index < -0.39 is 24.7 Å². The normalized spacial score (nSPS) is 17.7. The third-order valence-electron chi connectivity index (χ3n) is 6.90. The second kappa shape index (κ2) is 8.80. The third-order valence-corrected chi connectivity index (χ3v) is 8.22. The summed E-state index contributed by atoms with van der Waals surface area (Å²) in [5.41, 5.74) is 1.97. The molecule has 40 heavy (non-hydrogen) atoms. The van der Waals surface area contributed by atoms with E-state index in [-0.39, 0.29) is 29.5 Å². The molecule has 0 unspecified atom stereocenters. The molecule has 0 amide bonds. The van der Waals surface area contributed by atoms with Gasteiger partial charge in [-0.15, -0.1) is 16.4 Å². The zero-order chi connectivity index (χ0) is 27.9. The van der Waals surface area contributed by atoms with Gasteiger partial charge in [0.05, 0.1) is 11.6 Å². The number of benzene rings is 1. The molecule has 204 valence electrons. The molecule has 5 aromatic heterocycles. The number of thiophene rings is 1. The van der Waals surface area contributed by atoms with Crippen LogP contribution >= 0.6 is 22.9 Å². The van der Waals surface area contributed by atoms with E-state index in [0.717, 1.165) is 16.0 Å². The highest BCUT2D eigenvalue weighted by Crippen LogP contribution is 2.44. The molecule has 7 rings (SSSR count). The maximum absolute atomic E-state index is 14.1. The standard InChI is InChI=1S/C25H16ClF5N8S/c1-10-6-14(21(27)28)34-24-18(10)19-20(40-24)23-35-22(37-38(23)9-32-19)15-8-17-33-13(11-2-4-12(26)5-3-11)7-16(25(29,30)31)39(17)36-15/h2-6,8-9,13,16,21,33H,7H2,1H3/t13-,16+/m0/s1. The Hall–Kier alpha value is -3.91. The lowest BCUT2D eigenvalue weighted by Gasteiger charge is -2.33. The monoisotopic (exact) mass is 590 g/mol. The minimum Gasteiger partial charge on any atom is -0.363 e. The molecule has 0 spiro atoms. The van der Waals surface area contributed by atoms with Gasteiger partial charge < -0.3 is 5.32 Å². The predicted molar refractivity (Wildman–Crippen MR) is 140 cm³/mol. The lowest BCUT2D eigenvalue weighted by atomic mass is 9.97. The molecule has 2 atom stereocenters. The van der Waals surface area contributed by atoms with Crippen molar-refractivity contribution < 1.29 is 22.0 Å². The van der Waals surface area contributed by atoms with E-state index in [0.29, 0.717) is 42.2 Å². The van der Waals surface area contributed by atoms with Gasteiger partial charge in [0, 0.05) is 22.9 Å². The van der Waals surface area contributed by atoms with Gasteiger partial charge in [-0.3, -0.25) is 0 Å². The number of hydrogen-bond acceptors (Lipinski definition) is 7. The summed E-state index contributed by atoms with van der Waals surface area (Å²) < 4.78 is 71.9. The quantitative estimate of drug-likeness (QED) is 0.218. The summed E-state index contributed by atoms with van der Waals surface area (Å²) in [5.74, 6) is 0.268. The van der Waals surface area contributed by atoms with Crippen LogP contribution < -0.4 is 5.32 Å². The lowest BCUT2D eigenvalue weighted by Crippen LogP contribution is -2.35. The first-order valence-corrected chi connectivity index (χ1v) is 13.2. The Morgan fingerprint density at radius 1 is 1.10 bits per heavy atom. The molecule has 1 aliphatic heterocycles. The molecular formula is C25H16ClF5N8S. The number of nitrogens with one attached hydrogen (secondary N) is 1. The second-order valence-corrected chi connectivity index (χ2v) is 10.9. The fourth-order valence-electron chi connectivity index (χ4n) is 5.05. The average Bonchev–Trinajstić information content (AvgIpc) is 3.61. The van der Waals surface area contributed by atoms with E-state index in [1.165, 1.54) is 23.0 Å². The number of aryl methyl sites for hydroxylation is 1. The van der Waals surface area contributed by atoms with Crippen LogP contribution in [0, 0.1) is 6.92 Å². The zero-order valence-electron chi connectivity index (χ0n) is 20.3. The summed E-state index contributed by atoms with van der Waals surface area (Å²) in [6.07, 6.45) is -6.12. The predicted octanol–water partition coefficient (Wildman–Crippen LogP) is 7.31. The van der Waals surface area contributed by atoms with Gasteiger partial charge in [0.25, 0.3) is 6.43 Å². The van der Waals surface area contributed by atoms with Crippen molar-refractivity contribution in [1.29, 1.82) is 0 Å². The van der Waals surface area contributed by atoms with Crippen LogP contribution in [0.5, 0.6) is 0 Å². The molecular weight excluding hydrogens is 575 g/mol. The van der Waals surface area contributed by atoms with Crippen molar-refractivity contribution in [3.05, 3.63) is 64.6 Å². The van der Waals surface area contributed by atoms with Crippen LogP contribution in [0.25, 0.3) is 37.6 Å². The van der Waals surface area contributed by atoms with E-state index in [2.05, 4.69) is 30.5 Å². The summed E-state index contributed by atoms with van der Waals surface area (Å²) in [5, 5.41) is 12.9. The van der Waals surface area contributed by atoms with Crippen molar-refractivity contribution in [2.24, 2.45) is 0 Å². The number of fused-ring (bicyclic) bond motifs is 6. The van der Waals surface area contributed by atoms with Gasteiger partial charge in [-0.25, -0.2) is 32.9 Å². The smallest absolute Gasteiger partial charge is 0.363 e. The van der Waals surface area contributed by atoms with Gasteiger partial charge in [-0.2, -0.15) is 18.3 Å². The maximum Gasteiger partial charge on any atom is 0.410 e. The van der Waals surface area contributed by atoms with Crippen molar-refractivity contribution in [1.82, 2.24) is 34.3 Å². The van der Waals surface area contributed by atoms with Gasteiger partial charge in [0.15, 0.2) is 11.7 Å². The van der Waals surface area contributed by atoms with Crippen LogP contribution in [0.3, 0.4) is 0 Å². The van der Waals surface area contributed by atoms with Crippen molar-refractivity contribution in [2.45, 2.75) is 38.0 Å². The summed E-state index contributed by atoms with van der Waals surface area (Å²) in [7, 11) is 0. The Labute approximate surface area is 230 Å². The summed E-state index contributed by atoms with van der Waals surface area (Å²) in [6.45, 7) is 1.71. The van der Waals surface area contributed by atoms with E-state index >= 15 is 0 Å². The highest BCUT2D eigenvalue weighted by atomic mass is 35.5. The Morgan fingerprint density at radius 2 is 1.88 bits per heavy atom. The van der Waals surface area contributed by atoms with Crippen LogP contribution in [0.4, 0.5) is 27.8 Å². The Kier molecular flexibility index (Phi) is 5.52. The van der Waals surface area contributed by atoms with Crippen LogP contribution in [-0.2, 0) is 0 Å². The van der Waals surface area contributed by atoms with Crippen LogP contribution in [-0.4, -0.2) is 40.5 Å². The number of halogens is 6. The fourth-order valence-corrected chi connectivity index (χ4v) is 6.36. The van der Waals surface area contributed by atoms with Gasteiger partial charge in [0.2, 0.25) is 5.82 Å². The number of alkyl halides is 5. The number of aromatic nitrogens is 7. The lowest BCUT2D eigenvalue weighted by molar-refractivity contribution is -0.173. The zero-order valence-corrected chi connectivity index (χ0v) is 21.9. The Balaban J connectivity index is 1.33. The molecule has 0 radical (unpaired) electrons. The number of anilines is 1.